The van der Waals surface area contributed by atoms with Crippen molar-refractivity contribution in [3.8, 4) is 11.5 Å². The number of aromatic nitrogens is 2. The van der Waals surface area contributed by atoms with Crippen LogP contribution >= 0.6 is 0 Å². The van der Waals surface area contributed by atoms with E-state index in [0.29, 0.717) is 50.7 Å². The number of carbonyl (C=O) groups excluding carboxylic acids is 1. The predicted octanol–water partition coefficient (Wildman–Crippen LogP) is 3.14. The molecule has 2 aromatic rings. The summed E-state index contributed by atoms with van der Waals surface area (Å²) < 4.78 is 62.4. The fourth-order valence-corrected chi connectivity index (χ4v) is 10.2. The fourth-order valence-electron chi connectivity index (χ4n) is 8.53. The Morgan fingerprint density at radius 3 is 2.58 bits per heavy atom. The zero-order valence-corrected chi connectivity index (χ0v) is 31.2. The number of amides is 1. The molecule has 52 heavy (non-hydrogen) atoms. The Balaban J connectivity index is 0.930. The minimum Gasteiger partial charge on any atom is -0.451 e. The first-order valence-corrected chi connectivity index (χ1v) is 20.1. The van der Waals surface area contributed by atoms with Crippen molar-refractivity contribution in [2.45, 2.75) is 95.7 Å². The molecule has 4 atom stereocenters. The van der Waals surface area contributed by atoms with Crippen LogP contribution < -0.4 is 14.4 Å². The Kier molecular flexibility index (Phi) is 10.8. The summed E-state index contributed by atoms with van der Waals surface area (Å²) in [5, 5.41) is 11.3. The van der Waals surface area contributed by atoms with Crippen LogP contribution in [0.3, 0.4) is 0 Å². The molecule has 0 radical (unpaired) electrons. The Labute approximate surface area is 305 Å². The number of hydrogen-bond acceptors (Lipinski definition) is 11. The van der Waals surface area contributed by atoms with Gasteiger partial charge in [-0.05, 0) is 90.6 Å². The number of nitrogens with one attached hydrogen (secondary N) is 1. The van der Waals surface area contributed by atoms with E-state index in [9.17, 15) is 22.7 Å². The van der Waals surface area contributed by atoms with E-state index in [2.05, 4.69) is 24.5 Å². The van der Waals surface area contributed by atoms with Crippen LogP contribution in [0.2, 0.25) is 0 Å². The summed E-state index contributed by atoms with van der Waals surface area (Å²) in [7, 11) is -3.58. The van der Waals surface area contributed by atoms with Gasteiger partial charge in [0.15, 0.2) is 17.4 Å². The minimum absolute atomic E-state index is 0.00866. The van der Waals surface area contributed by atoms with E-state index in [1.165, 1.54) is 28.8 Å². The maximum absolute atomic E-state index is 14.5. The molecule has 5 aliphatic rings. The molecule has 5 aliphatic heterocycles. The maximum Gasteiger partial charge on any atom is 0.280 e. The van der Waals surface area contributed by atoms with E-state index >= 15 is 0 Å². The second kappa shape index (κ2) is 15.0. The van der Waals surface area contributed by atoms with Gasteiger partial charge in [-0.2, -0.15) is 17.4 Å². The van der Waals surface area contributed by atoms with Crippen molar-refractivity contribution in [3.63, 3.8) is 0 Å². The van der Waals surface area contributed by atoms with Gasteiger partial charge in [-0.15, -0.1) is 0 Å². The van der Waals surface area contributed by atoms with Crippen LogP contribution in [-0.4, -0.2) is 133 Å². The van der Waals surface area contributed by atoms with Crippen molar-refractivity contribution in [2.75, 3.05) is 64.0 Å². The van der Waals surface area contributed by atoms with E-state index in [0.717, 1.165) is 58.3 Å². The van der Waals surface area contributed by atoms with Crippen LogP contribution in [0.25, 0.3) is 0 Å². The molecule has 2 N–H and O–H groups in total. The number of halogens is 1. The van der Waals surface area contributed by atoms with Gasteiger partial charge < -0.3 is 29.1 Å². The number of likely N-dealkylation sites (tertiary alicyclic amines) is 1. The molecule has 0 bridgehead atoms. The number of anilines is 1. The Morgan fingerprint density at radius 2 is 1.92 bits per heavy atom. The highest BCUT2D eigenvalue weighted by molar-refractivity contribution is 7.87. The molecular formula is C36H52FN7O7S. The highest BCUT2D eigenvalue weighted by Gasteiger charge is 2.48. The summed E-state index contributed by atoms with van der Waals surface area (Å²) in [6.45, 7) is 11.0. The van der Waals surface area contributed by atoms with Crippen LogP contribution in [0, 0.1) is 11.2 Å². The lowest BCUT2D eigenvalue weighted by atomic mass is 9.72. The molecule has 0 aliphatic carbocycles. The molecular weight excluding hydrogens is 694 g/mol. The molecule has 1 aromatic carbocycles. The Bertz CT molecular complexity index is 1690. The number of benzene rings is 1. The standard InChI is InChI=1S/C36H52FN7O7S/c1-25(2)44(29-9-16-49-20-29)34(45)30-17-27(37)6-7-31(30)51-32-18-38-24-39-33(32)42-21-35(22-42)11-14-41(15-12-35)23-36(46)10-8-28(19-50-36)40-52(47,48)43-13-4-5-26(43)3/h6-7,17-18,24-26,28-29,40,46H,4-5,8-16,19-23H2,1-3H3/t26-,28-,29-,36-/m1/s1. The van der Waals surface area contributed by atoms with E-state index in [1.807, 2.05) is 20.8 Å². The average Bonchev–Trinajstić information content (AvgIpc) is 3.79. The second-order valence-electron chi connectivity index (χ2n) is 15.6. The molecule has 5 saturated heterocycles. The third-order valence-corrected chi connectivity index (χ3v) is 13.2. The van der Waals surface area contributed by atoms with Gasteiger partial charge in [-0.3, -0.25) is 9.69 Å². The van der Waals surface area contributed by atoms with Gasteiger partial charge in [0.25, 0.3) is 16.1 Å². The number of nitrogens with zero attached hydrogens (tertiary/aromatic N) is 6. The zero-order valence-electron chi connectivity index (χ0n) is 30.4. The normalized spacial score (nSPS) is 28.3. The van der Waals surface area contributed by atoms with Gasteiger partial charge >= 0.3 is 0 Å². The molecule has 5 fully saturated rings. The highest BCUT2D eigenvalue weighted by atomic mass is 32.2. The molecule has 0 unspecified atom stereocenters. The molecule has 7 rings (SSSR count). The highest BCUT2D eigenvalue weighted by Crippen LogP contribution is 2.45. The number of piperidine rings is 1. The smallest absolute Gasteiger partial charge is 0.280 e. The van der Waals surface area contributed by atoms with Gasteiger partial charge in [0.1, 0.15) is 17.9 Å². The van der Waals surface area contributed by atoms with E-state index in [1.54, 1.807) is 11.1 Å². The monoisotopic (exact) mass is 745 g/mol. The number of carbonyl (C=O) groups is 1. The van der Waals surface area contributed by atoms with E-state index in [4.69, 9.17) is 14.2 Å². The lowest BCUT2D eigenvalue weighted by Crippen LogP contribution is -2.62. The molecule has 286 valence electrons. The summed E-state index contributed by atoms with van der Waals surface area (Å²) in [5.74, 6) is -0.905. The maximum atomic E-state index is 14.5. The van der Waals surface area contributed by atoms with Gasteiger partial charge in [-0.1, -0.05) is 0 Å². The third kappa shape index (κ3) is 7.93. The van der Waals surface area contributed by atoms with Gasteiger partial charge in [0.2, 0.25) is 0 Å². The summed E-state index contributed by atoms with van der Waals surface area (Å²) >= 11 is 0. The number of rotatable bonds is 11. The minimum atomic E-state index is -3.58. The summed E-state index contributed by atoms with van der Waals surface area (Å²) in [6.07, 6.45) is 8.23. The van der Waals surface area contributed by atoms with Gasteiger partial charge in [-0.25, -0.2) is 14.4 Å². The first-order chi connectivity index (χ1) is 24.8. The first kappa shape index (κ1) is 37.3. The zero-order chi connectivity index (χ0) is 36.7. The first-order valence-electron chi connectivity index (χ1n) is 18.6. The van der Waals surface area contributed by atoms with Crippen molar-refractivity contribution < 1.29 is 36.9 Å². The van der Waals surface area contributed by atoms with Crippen molar-refractivity contribution in [1.82, 2.24) is 28.8 Å². The molecule has 0 saturated carbocycles. The van der Waals surface area contributed by atoms with Crippen molar-refractivity contribution in [1.29, 1.82) is 0 Å². The van der Waals surface area contributed by atoms with Crippen LogP contribution in [-0.2, 0) is 19.7 Å². The summed E-state index contributed by atoms with van der Waals surface area (Å²) in [6, 6.07) is 3.41. The number of aliphatic hydroxyl groups is 1. The van der Waals surface area contributed by atoms with Crippen molar-refractivity contribution in [2.24, 2.45) is 5.41 Å². The number of hydrogen-bond donors (Lipinski definition) is 2. The van der Waals surface area contributed by atoms with E-state index in [-0.39, 0.29) is 53.4 Å². The van der Waals surface area contributed by atoms with Crippen LogP contribution in [0.15, 0.2) is 30.7 Å². The molecule has 6 heterocycles. The van der Waals surface area contributed by atoms with Crippen molar-refractivity contribution in [3.05, 3.63) is 42.1 Å². The summed E-state index contributed by atoms with van der Waals surface area (Å²) in [4.78, 5) is 28.7. The second-order valence-corrected chi connectivity index (χ2v) is 17.3. The lowest BCUT2D eigenvalue weighted by molar-refractivity contribution is -0.239. The summed E-state index contributed by atoms with van der Waals surface area (Å²) in [5.41, 5.74) is 0.225. The SMILES string of the molecule is CC(C)N(C(=O)c1cc(F)ccc1Oc1cncnc1N1CC2(CCN(C[C@@]3(O)CC[C@@H](NS(=O)(=O)N4CCC[C@H]4C)CO3)CC2)C1)[C@@H]1CCOC1. The van der Waals surface area contributed by atoms with Gasteiger partial charge in [0, 0.05) is 56.2 Å². The molecule has 1 spiro atoms. The molecule has 16 heteroatoms. The fraction of sp³-hybridized carbons (Fsp3) is 0.694. The molecule has 1 aromatic heterocycles. The third-order valence-electron chi connectivity index (χ3n) is 11.4. The van der Waals surface area contributed by atoms with Crippen LogP contribution in [0.4, 0.5) is 10.2 Å². The van der Waals surface area contributed by atoms with Gasteiger partial charge in [0.05, 0.1) is 37.6 Å². The number of ether oxygens (including phenoxy) is 3. The van der Waals surface area contributed by atoms with E-state index < -0.39 is 21.8 Å². The quantitative estimate of drug-likeness (QED) is 0.350. The van der Waals surface area contributed by atoms with Crippen LogP contribution in [0.1, 0.15) is 76.1 Å². The Morgan fingerprint density at radius 1 is 1.13 bits per heavy atom. The largest absolute Gasteiger partial charge is 0.451 e. The molecule has 1 amide bonds. The lowest BCUT2D eigenvalue weighted by Gasteiger charge is -2.55. The Hall–Kier alpha value is -2.99. The number of β-amino-alcohol motifs (C(OH)–C–C–N with tert-alkyl or cyclic N) is 1. The predicted molar refractivity (Wildman–Crippen MR) is 191 cm³/mol. The molecule has 14 nitrogen and oxygen atoms in total. The van der Waals surface area contributed by atoms with Crippen molar-refractivity contribution >= 4 is 21.9 Å². The topological polar surface area (TPSA) is 150 Å². The average molecular weight is 746 g/mol. The van der Waals surface area contributed by atoms with Crippen LogP contribution in [0.5, 0.6) is 11.5 Å².